The molecule has 0 bridgehead atoms. The summed E-state index contributed by atoms with van der Waals surface area (Å²) in [4.78, 5) is 29.8. The summed E-state index contributed by atoms with van der Waals surface area (Å²) in [5.41, 5.74) is 0.646. The van der Waals surface area contributed by atoms with Gasteiger partial charge in [-0.3, -0.25) is 0 Å². The molecule has 1 rings (SSSR count). The van der Waals surface area contributed by atoms with Gasteiger partial charge in [-0.1, -0.05) is 18.2 Å². The molecule has 0 heterocycles. The Morgan fingerprint density at radius 1 is 0.933 bits per heavy atom. The summed E-state index contributed by atoms with van der Waals surface area (Å²) in [7, 11) is 0. The standard InChI is InChI=1S/C7H5NO.2CHNO/c9-6-8-7-4-2-1-3-5-7;2*2-1-3/h1-5H;2*2H. The minimum absolute atomic E-state index is 0.646. The van der Waals surface area contributed by atoms with E-state index in [1.807, 2.05) is 18.2 Å². The molecule has 1 aromatic rings. The van der Waals surface area contributed by atoms with Crippen molar-refractivity contribution in [2.75, 3.05) is 0 Å². The van der Waals surface area contributed by atoms with Gasteiger partial charge in [0.15, 0.2) is 0 Å². The van der Waals surface area contributed by atoms with Crippen molar-refractivity contribution in [3.8, 4) is 0 Å². The summed E-state index contributed by atoms with van der Waals surface area (Å²) in [5, 5.41) is 10.8. The number of nitrogens with zero attached hydrogens (tertiary/aromatic N) is 1. The van der Waals surface area contributed by atoms with Crippen molar-refractivity contribution in [2.45, 2.75) is 0 Å². The first kappa shape index (κ1) is 14.9. The first-order valence-corrected chi connectivity index (χ1v) is 3.47. The molecule has 0 radical (unpaired) electrons. The van der Waals surface area contributed by atoms with E-state index in [0.29, 0.717) is 5.69 Å². The molecule has 0 atom stereocenters. The monoisotopic (exact) mass is 205 g/mol. The van der Waals surface area contributed by atoms with Crippen LogP contribution in [0.3, 0.4) is 0 Å². The number of isocyanates is 3. The topological polar surface area (TPSA) is 111 Å². The second kappa shape index (κ2) is 13.9. The summed E-state index contributed by atoms with van der Waals surface area (Å²) in [6.07, 6.45) is 2.96. The molecule has 0 unspecified atom stereocenters. The average Bonchev–Trinajstić information content (AvgIpc) is 2.22. The summed E-state index contributed by atoms with van der Waals surface area (Å²) in [6.45, 7) is 0. The highest BCUT2D eigenvalue weighted by atomic mass is 16.1. The average molecular weight is 205 g/mol. The van der Waals surface area contributed by atoms with Gasteiger partial charge in [0.2, 0.25) is 18.2 Å². The van der Waals surface area contributed by atoms with E-state index in [-0.39, 0.29) is 0 Å². The molecular weight excluding hydrogens is 198 g/mol. The van der Waals surface area contributed by atoms with E-state index < -0.39 is 0 Å². The molecule has 0 amide bonds. The molecule has 0 saturated carbocycles. The second-order valence-electron chi connectivity index (χ2n) is 1.74. The van der Waals surface area contributed by atoms with Crippen LogP contribution < -0.4 is 0 Å². The number of hydrogen-bond donors (Lipinski definition) is 2. The molecule has 6 nitrogen and oxygen atoms in total. The van der Waals surface area contributed by atoms with E-state index in [2.05, 4.69) is 4.99 Å². The zero-order valence-electron chi connectivity index (χ0n) is 7.56. The number of rotatable bonds is 1. The van der Waals surface area contributed by atoms with E-state index in [1.165, 1.54) is 6.08 Å². The molecule has 76 valence electrons. The molecule has 1 aromatic carbocycles. The Balaban J connectivity index is 0. The molecule has 15 heavy (non-hydrogen) atoms. The lowest BCUT2D eigenvalue weighted by Gasteiger charge is -1.83. The zero-order chi connectivity index (χ0) is 11.9. The van der Waals surface area contributed by atoms with Crippen LogP contribution >= 0.6 is 0 Å². The van der Waals surface area contributed by atoms with Crippen molar-refractivity contribution in [2.24, 2.45) is 4.99 Å². The third kappa shape index (κ3) is 14.2. The number of benzene rings is 1. The lowest BCUT2D eigenvalue weighted by molar-refractivity contribution is 0.562. The number of carbonyl (C=O) groups excluding carboxylic acids is 3. The molecule has 0 fully saturated rings. The number of para-hydroxylation sites is 1. The van der Waals surface area contributed by atoms with Crippen LogP contribution in [0.15, 0.2) is 35.3 Å². The van der Waals surface area contributed by atoms with Crippen LogP contribution in [-0.4, -0.2) is 18.2 Å². The summed E-state index contributed by atoms with van der Waals surface area (Å²) in [6, 6.07) is 8.98. The van der Waals surface area contributed by atoms with Gasteiger partial charge in [-0.05, 0) is 12.1 Å². The van der Waals surface area contributed by atoms with Crippen molar-refractivity contribution in [3.63, 3.8) is 0 Å². The van der Waals surface area contributed by atoms with Crippen molar-refractivity contribution < 1.29 is 14.4 Å². The number of nitrogens with one attached hydrogen (secondary N) is 2. The third-order valence-corrected chi connectivity index (χ3v) is 0.931. The van der Waals surface area contributed by atoms with E-state index >= 15 is 0 Å². The Kier molecular flexibility index (Phi) is 13.8. The minimum atomic E-state index is 0.646. The van der Waals surface area contributed by atoms with Crippen LogP contribution in [0, 0.1) is 10.8 Å². The highest BCUT2D eigenvalue weighted by Gasteiger charge is 1.79. The second-order valence-corrected chi connectivity index (χ2v) is 1.74. The molecular formula is C9H7N3O3. The highest BCUT2D eigenvalue weighted by Crippen LogP contribution is 2.06. The van der Waals surface area contributed by atoms with Gasteiger partial charge in [-0.15, -0.1) is 0 Å². The van der Waals surface area contributed by atoms with Crippen LogP contribution in [-0.2, 0) is 14.4 Å². The minimum Gasteiger partial charge on any atom is -0.222 e. The first-order chi connectivity index (χ1) is 7.26. The Hall–Kier alpha value is -2.64. The molecule has 0 aromatic heterocycles. The predicted molar refractivity (Wildman–Crippen MR) is 51.0 cm³/mol. The van der Waals surface area contributed by atoms with Gasteiger partial charge in [0, 0.05) is 0 Å². The van der Waals surface area contributed by atoms with Gasteiger partial charge in [-0.25, -0.2) is 25.2 Å². The Morgan fingerprint density at radius 3 is 1.67 bits per heavy atom. The Labute approximate surface area is 85.3 Å². The largest absolute Gasteiger partial charge is 0.240 e. The molecule has 6 heteroatoms. The maximum atomic E-state index is 9.68. The van der Waals surface area contributed by atoms with Gasteiger partial charge in [0.25, 0.3) is 0 Å². The van der Waals surface area contributed by atoms with Crippen molar-refractivity contribution in [1.29, 1.82) is 10.8 Å². The summed E-state index contributed by atoms with van der Waals surface area (Å²) < 4.78 is 0. The molecule has 0 aliphatic rings. The summed E-state index contributed by atoms with van der Waals surface area (Å²) >= 11 is 0. The molecule has 2 N–H and O–H groups in total. The fourth-order valence-electron chi connectivity index (χ4n) is 0.555. The van der Waals surface area contributed by atoms with Gasteiger partial charge in [-0.2, -0.15) is 4.99 Å². The van der Waals surface area contributed by atoms with Crippen molar-refractivity contribution in [1.82, 2.24) is 0 Å². The third-order valence-electron chi connectivity index (χ3n) is 0.931. The number of aliphatic imine (C=N–C) groups is 1. The normalized spacial score (nSPS) is 5.87. The van der Waals surface area contributed by atoms with E-state index in [0.717, 1.165) is 12.2 Å². The fourth-order valence-corrected chi connectivity index (χ4v) is 0.555. The van der Waals surface area contributed by atoms with Gasteiger partial charge >= 0.3 is 0 Å². The molecule has 0 spiro atoms. The van der Waals surface area contributed by atoms with Crippen molar-refractivity contribution in [3.05, 3.63) is 30.3 Å². The van der Waals surface area contributed by atoms with E-state index in [1.54, 1.807) is 12.1 Å². The molecule has 0 saturated heterocycles. The maximum Gasteiger partial charge on any atom is 0.240 e. The Bertz CT molecular complexity index is 359. The van der Waals surface area contributed by atoms with Crippen LogP contribution in [0.4, 0.5) is 5.69 Å². The first-order valence-electron chi connectivity index (χ1n) is 3.47. The fraction of sp³-hybridized carbons (Fsp3) is 0. The van der Waals surface area contributed by atoms with Gasteiger partial charge in [0.05, 0.1) is 5.69 Å². The van der Waals surface area contributed by atoms with Crippen LogP contribution in [0.5, 0.6) is 0 Å². The molecule has 0 aliphatic carbocycles. The quantitative estimate of drug-likeness (QED) is 0.534. The van der Waals surface area contributed by atoms with E-state index in [4.69, 9.17) is 20.4 Å². The highest BCUT2D eigenvalue weighted by molar-refractivity contribution is 5.47. The SMILES string of the molecule is N=C=O.N=C=O.O=C=Nc1ccccc1. The lowest BCUT2D eigenvalue weighted by Crippen LogP contribution is -1.59. The summed E-state index contributed by atoms with van der Waals surface area (Å²) in [5.74, 6) is 0. The van der Waals surface area contributed by atoms with Gasteiger partial charge < -0.3 is 0 Å². The van der Waals surface area contributed by atoms with Crippen molar-refractivity contribution >= 4 is 23.9 Å². The predicted octanol–water partition coefficient (Wildman–Crippen LogP) is 1.46. The van der Waals surface area contributed by atoms with Crippen LogP contribution in [0.1, 0.15) is 0 Å². The van der Waals surface area contributed by atoms with Crippen LogP contribution in [0.2, 0.25) is 0 Å². The molecule has 0 aliphatic heterocycles. The smallest absolute Gasteiger partial charge is 0.222 e. The number of hydrogen-bond acceptors (Lipinski definition) is 6. The zero-order valence-corrected chi connectivity index (χ0v) is 7.56. The van der Waals surface area contributed by atoms with Gasteiger partial charge in [0.1, 0.15) is 0 Å². The van der Waals surface area contributed by atoms with Crippen LogP contribution in [0.25, 0.3) is 0 Å². The lowest BCUT2D eigenvalue weighted by atomic mass is 10.3. The van der Waals surface area contributed by atoms with E-state index in [9.17, 15) is 4.79 Å². The Morgan fingerprint density at radius 2 is 1.33 bits per heavy atom. The maximum absolute atomic E-state index is 9.68.